The SMILES string of the molecule is CCN(CCCNCc1ccc(Br)s1)S(C)(=O)=O. The molecule has 0 spiro atoms. The van der Waals surface area contributed by atoms with Crippen LogP contribution in [0, 0.1) is 0 Å². The molecule has 1 aromatic heterocycles. The Balaban J connectivity index is 2.19. The molecule has 0 radical (unpaired) electrons. The number of nitrogens with one attached hydrogen (secondary N) is 1. The summed E-state index contributed by atoms with van der Waals surface area (Å²) >= 11 is 5.13. The van der Waals surface area contributed by atoms with Crippen molar-refractivity contribution in [1.82, 2.24) is 9.62 Å². The number of sulfonamides is 1. The molecule has 0 unspecified atom stereocenters. The van der Waals surface area contributed by atoms with E-state index in [-0.39, 0.29) is 0 Å². The van der Waals surface area contributed by atoms with Gasteiger partial charge in [-0.3, -0.25) is 0 Å². The van der Waals surface area contributed by atoms with E-state index >= 15 is 0 Å². The fourth-order valence-corrected chi connectivity index (χ4v) is 3.98. The topological polar surface area (TPSA) is 49.4 Å². The number of nitrogens with zero attached hydrogens (tertiary/aromatic N) is 1. The first kappa shape index (κ1) is 16.1. The summed E-state index contributed by atoms with van der Waals surface area (Å²) in [5.41, 5.74) is 0. The van der Waals surface area contributed by atoms with Gasteiger partial charge in [0.05, 0.1) is 10.0 Å². The van der Waals surface area contributed by atoms with Gasteiger partial charge in [0.15, 0.2) is 0 Å². The molecule has 0 bridgehead atoms. The summed E-state index contributed by atoms with van der Waals surface area (Å²) < 4.78 is 25.3. The Hall–Kier alpha value is 0.0500. The minimum Gasteiger partial charge on any atom is -0.312 e. The van der Waals surface area contributed by atoms with E-state index < -0.39 is 10.0 Å². The molecule has 1 heterocycles. The molecule has 104 valence electrons. The van der Waals surface area contributed by atoms with E-state index in [9.17, 15) is 8.42 Å². The Morgan fingerprint density at radius 3 is 2.67 bits per heavy atom. The van der Waals surface area contributed by atoms with E-state index in [1.807, 2.05) is 13.0 Å². The molecule has 18 heavy (non-hydrogen) atoms. The summed E-state index contributed by atoms with van der Waals surface area (Å²) in [6, 6.07) is 4.11. The van der Waals surface area contributed by atoms with Crippen LogP contribution in [0.4, 0.5) is 0 Å². The van der Waals surface area contributed by atoms with E-state index in [2.05, 4.69) is 27.3 Å². The molecule has 0 saturated carbocycles. The molecular formula is C11H19BrN2O2S2. The first-order valence-electron chi connectivity index (χ1n) is 5.83. The predicted molar refractivity (Wildman–Crippen MR) is 80.4 cm³/mol. The molecule has 0 aromatic carbocycles. The van der Waals surface area contributed by atoms with Gasteiger partial charge in [0.1, 0.15) is 0 Å². The zero-order chi connectivity index (χ0) is 13.6. The lowest BCUT2D eigenvalue weighted by atomic mass is 10.4. The zero-order valence-electron chi connectivity index (χ0n) is 10.6. The lowest BCUT2D eigenvalue weighted by molar-refractivity contribution is 0.419. The van der Waals surface area contributed by atoms with Crippen molar-refractivity contribution in [3.05, 3.63) is 20.8 Å². The molecule has 7 heteroatoms. The summed E-state index contributed by atoms with van der Waals surface area (Å²) in [4.78, 5) is 1.28. The molecule has 0 aliphatic heterocycles. The highest BCUT2D eigenvalue weighted by Crippen LogP contribution is 2.21. The Bertz CT molecular complexity index is 459. The largest absolute Gasteiger partial charge is 0.312 e. The van der Waals surface area contributed by atoms with Gasteiger partial charge in [-0.2, -0.15) is 0 Å². The summed E-state index contributed by atoms with van der Waals surface area (Å²) in [6.45, 7) is 4.63. The lowest BCUT2D eigenvalue weighted by Crippen LogP contribution is -2.32. The van der Waals surface area contributed by atoms with Crippen LogP contribution in [0.3, 0.4) is 0 Å². The van der Waals surface area contributed by atoms with Crippen LogP contribution in [0.25, 0.3) is 0 Å². The highest BCUT2D eigenvalue weighted by Gasteiger charge is 2.12. The second kappa shape index (κ2) is 7.59. The molecule has 1 rings (SSSR count). The van der Waals surface area contributed by atoms with Crippen molar-refractivity contribution in [3.8, 4) is 0 Å². The molecule has 0 amide bonds. The normalized spacial score (nSPS) is 12.2. The minimum atomic E-state index is -3.05. The molecule has 0 aliphatic carbocycles. The van der Waals surface area contributed by atoms with Crippen LogP contribution in [0.1, 0.15) is 18.2 Å². The van der Waals surface area contributed by atoms with Gasteiger partial charge in [0, 0.05) is 24.5 Å². The average Bonchev–Trinajstić information content (AvgIpc) is 2.67. The third-order valence-electron chi connectivity index (χ3n) is 2.51. The maximum atomic E-state index is 11.4. The van der Waals surface area contributed by atoms with E-state index in [1.165, 1.54) is 15.4 Å². The minimum absolute atomic E-state index is 0.538. The summed E-state index contributed by atoms with van der Waals surface area (Å²) in [6.07, 6.45) is 2.08. The number of rotatable bonds is 8. The van der Waals surface area contributed by atoms with Crippen LogP contribution < -0.4 is 5.32 Å². The highest BCUT2D eigenvalue weighted by atomic mass is 79.9. The number of hydrogen-bond donors (Lipinski definition) is 1. The fourth-order valence-electron chi connectivity index (χ4n) is 1.60. The van der Waals surface area contributed by atoms with Crippen molar-refractivity contribution >= 4 is 37.3 Å². The molecule has 1 N–H and O–H groups in total. The number of hydrogen-bond acceptors (Lipinski definition) is 4. The molecular weight excluding hydrogens is 336 g/mol. The first-order chi connectivity index (χ1) is 8.43. The molecule has 0 atom stereocenters. The first-order valence-corrected chi connectivity index (χ1v) is 9.29. The second-order valence-electron chi connectivity index (χ2n) is 3.99. The number of halogens is 1. The Morgan fingerprint density at radius 2 is 2.17 bits per heavy atom. The predicted octanol–water partition coefficient (Wildman–Crippen LogP) is 2.27. The smallest absolute Gasteiger partial charge is 0.211 e. The Kier molecular flexibility index (Phi) is 6.79. The zero-order valence-corrected chi connectivity index (χ0v) is 13.9. The quantitative estimate of drug-likeness (QED) is 0.728. The fraction of sp³-hybridized carbons (Fsp3) is 0.636. The number of thiophene rings is 1. The van der Waals surface area contributed by atoms with Crippen LogP contribution in [0.15, 0.2) is 15.9 Å². The Morgan fingerprint density at radius 1 is 1.44 bits per heavy atom. The maximum absolute atomic E-state index is 11.4. The van der Waals surface area contributed by atoms with Gasteiger partial charge in [0.25, 0.3) is 0 Å². The van der Waals surface area contributed by atoms with Gasteiger partial charge >= 0.3 is 0 Å². The van der Waals surface area contributed by atoms with Gasteiger partial charge in [-0.1, -0.05) is 6.92 Å². The van der Waals surface area contributed by atoms with E-state index in [1.54, 1.807) is 11.3 Å². The van der Waals surface area contributed by atoms with Crippen molar-refractivity contribution in [3.63, 3.8) is 0 Å². The third-order valence-corrected chi connectivity index (χ3v) is 5.51. The lowest BCUT2D eigenvalue weighted by Gasteiger charge is -2.17. The summed E-state index contributed by atoms with van der Waals surface area (Å²) in [5.74, 6) is 0. The maximum Gasteiger partial charge on any atom is 0.211 e. The van der Waals surface area contributed by atoms with Crippen LogP contribution >= 0.6 is 27.3 Å². The third kappa shape index (κ3) is 5.79. The van der Waals surface area contributed by atoms with Crippen LogP contribution in [0.5, 0.6) is 0 Å². The van der Waals surface area contributed by atoms with E-state index in [0.717, 1.165) is 23.3 Å². The highest BCUT2D eigenvalue weighted by molar-refractivity contribution is 9.11. The Labute approximate surface area is 122 Å². The summed E-state index contributed by atoms with van der Waals surface area (Å²) in [5, 5.41) is 3.31. The van der Waals surface area contributed by atoms with Gasteiger partial charge in [-0.05, 0) is 41.0 Å². The molecule has 0 aliphatic rings. The van der Waals surface area contributed by atoms with Crippen LogP contribution in [-0.4, -0.2) is 38.6 Å². The second-order valence-corrected chi connectivity index (χ2v) is 8.52. The van der Waals surface area contributed by atoms with Gasteiger partial charge in [-0.15, -0.1) is 11.3 Å². The summed E-state index contributed by atoms with van der Waals surface area (Å²) in [7, 11) is -3.05. The van der Waals surface area contributed by atoms with Gasteiger partial charge < -0.3 is 5.32 Å². The van der Waals surface area contributed by atoms with Crippen molar-refractivity contribution in [1.29, 1.82) is 0 Å². The van der Waals surface area contributed by atoms with Crippen molar-refractivity contribution in [2.24, 2.45) is 0 Å². The van der Waals surface area contributed by atoms with Crippen LogP contribution in [0.2, 0.25) is 0 Å². The average molecular weight is 355 g/mol. The van der Waals surface area contributed by atoms with Gasteiger partial charge in [-0.25, -0.2) is 12.7 Å². The molecule has 0 fully saturated rings. The molecule has 1 aromatic rings. The van der Waals surface area contributed by atoms with E-state index in [0.29, 0.717) is 13.1 Å². The monoisotopic (exact) mass is 354 g/mol. The van der Waals surface area contributed by atoms with Crippen molar-refractivity contribution in [2.75, 3.05) is 25.9 Å². The van der Waals surface area contributed by atoms with Crippen molar-refractivity contribution in [2.45, 2.75) is 19.9 Å². The molecule has 4 nitrogen and oxygen atoms in total. The van der Waals surface area contributed by atoms with E-state index in [4.69, 9.17) is 0 Å². The van der Waals surface area contributed by atoms with Crippen molar-refractivity contribution < 1.29 is 8.42 Å². The van der Waals surface area contributed by atoms with Gasteiger partial charge in [0.2, 0.25) is 10.0 Å². The molecule has 0 saturated heterocycles. The standard InChI is InChI=1S/C11H19BrN2O2S2/c1-3-14(18(2,15)16)8-4-7-13-9-10-5-6-11(12)17-10/h5-6,13H,3-4,7-9H2,1-2H3. The van der Waals surface area contributed by atoms with Crippen LogP contribution in [-0.2, 0) is 16.6 Å².